The maximum atomic E-state index is 13.5. The van der Waals surface area contributed by atoms with E-state index < -0.39 is 23.8 Å². The van der Waals surface area contributed by atoms with Crippen molar-refractivity contribution < 1.29 is 19.1 Å². The Morgan fingerprint density at radius 3 is 2.25 bits per heavy atom. The molecule has 3 aromatic rings. The summed E-state index contributed by atoms with van der Waals surface area (Å²) in [6, 6.07) is 18.7. The number of nitrogens with one attached hydrogen (secondary N) is 2. The van der Waals surface area contributed by atoms with Crippen molar-refractivity contribution in [3.8, 4) is 5.75 Å². The summed E-state index contributed by atoms with van der Waals surface area (Å²) in [5, 5.41) is 4.64. The predicted octanol–water partition coefficient (Wildman–Crippen LogP) is 4.68. The van der Waals surface area contributed by atoms with Gasteiger partial charge in [-0.15, -0.1) is 0 Å². The van der Waals surface area contributed by atoms with E-state index in [0.717, 1.165) is 0 Å². The van der Waals surface area contributed by atoms with Crippen molar-refractivity contribution in [2.24, 2.45) is 0 Å². The highest BCUT2D eigenvalue weighted by Gasteiger charge is 2.45. The molecule has 3 aromatic carbocycles. The van der Waals surface area contributed by atoms with Crippen LogP contribution < -0.4 is 20.4 Å². The first-order chi connectivity index (χ1) is 17.3. The zero-order valence-electron chi connectivity index (χ0n) is 18.9. The Balaban J connectivity index is 1.60. The number of nitrogens with zero attached hydrogens (tertiary/aromatic N) is 2. The molecule has 1 heterocycles. The average Bonchev–Trinajstić information content (AvgIpc) is 3.07. The van der Waals surface area contributed by atoms with Gasteiger partial charge in [0.25, 0.3) is 11.8 Å². The van der Waals surface area contributed by atoms with Crippen LogP contribution in [0.15, 0.2) is 72.8 Å². The monoisotopic (exact) mass is 542 g/mol. The van der Waals surface area contributed by atoms with Gasteiger partial charge in [0, 0.05) is 21.3 Å². The summed E-state index contributed by atoms with van der Waals surface area (Å²) in [4.78, 5) is 40.6. The van der Waals surface area contributed by atoms with E-state index in [1.165, 1.54) is 35.2 Å². The second kappa shape index (κ2) is 10.9. The van der Waals surface area contributed by atoms with Crippen molar-refractivity contribution in [2.45, 2.75) is 12.5 Å². The summed E-state index contributed by atoms with van der Waals surface area (Å²) in [5.41, 5.74) is 3.89. The largest absolute Gasteiger partial charge is 0.497 e. The number of hydrogen-bond acceptors (Lipinski definition) is 5. The number of rotatable bonds is 7. The van der Waals surface area contributed by atoms with E-state index in [-0.39, 0.29) is 11.5 Å². The lowest BCUT2D eigenvalue weighted by Crippen LogP contribution is -2.49. The number of methoxy groups -OCH3 is 1. The molecule has 0 bridgehead atoms. The van der Waals surface area contributed by atoms with Crippen molar-refractivity contribution in [3.05, 3.63) is 88.4 Å². The summed E-state index contributed by atoms with van der Waals surface area (Å²) < 4.78 is 5.18. The van der Waals surface area contributed by atoms with Gasteiger partial charge in [0.2, 0.25) is 11.0 Å². The summed E-state index contributed by atoms with van der Waals surface area (Å²) in [6.07, 6.45) is -0.301. The molecule has 1 unspecified atom stereocenters. The van der Waals surface area contributed by atoms with Crippen molar-refractivity contribution in [3.63, 3.8) is 0 Å². The van der Waals surface area contributed by atoms with E-state index in [0.29, 0.717) is 32.7 Å². The number of benzene rings is 3. The second-order valence-electron chi connectivity index (χ2n) is 7.76. The Labute approximate surface area is 222 Å². The fourth-order valence-corrected chi connectivity index (χ4v) is 4.54. The average molecular weight is 543 g/mol. The molecule has 8 nitrogen and oxygen atoms in total. The highest BCUT2D eigenvalue weighted by molar-refractivity contribution is 7.80. The Morgan fingerprint density at radius 2 is 1.64 bits per heavy atom. The lowest BCUT2D eigenvalue weighted by atomic mass is 10.1. The molecule has 2 N–H and O–H groups in total. The molecule has 0 aliphatic carbocycles. The van der Waals surface area contributed by atoms with Crippen LogP contribution in [0, 0.1) is 0 Å². The van der Waals surface area contributed by atoms with Crippen LogP contribution in [0.3, 0.4) is 0 Å². The summed E-state index contributed by atoms with van der Waals surface area (Å²) >= 11 is 17.6. The number of carbonyl (C=O) groups is 3. The molecule has 1 fully saturated rings. The van der Waals surface area contributed by atoms with Gasteiger partial charge < -0.3 is 10.1 Å². The van der Waals surface area contributed by atoms with Gasteiger partial charge >= 0.3 is 0 Å². The molecule has 1 aliphatic heterocycles. The molecule has 1 aliphatic rings. The van der Waals surface area contributed by atoms with Crippen LogP contribution in [0.5, 0.6) is 5.75 Å². The van der Waals surface area contributed by atoms with E-state index in [1.54, 1.807) is 54.6 Å². The Kier molecular flexibility index (Phi) is 7.73. The van der Waals surface area contributed by atoms with Gasteiger partial charge in [0.1, 0.15) is 11.8 Å². The highest BCUT2D eigenvalue weighted by Crippen LogP contribution is 2.28. The first kappa shape index (κ1) is 25.4. The Morgan fingerprint density at radius 1 is 1.00 bits per heavy atom. The standard InChI is InChI=1S/C25H20Cl2N4O4S/c1-35-20-9-7-19(8-10-20)30-24(34)21(14-22(32)28-18-12-16(26)11-17(27)13-18)31(25(30)36)29-23(33)15-5-3-2-4-6-15/h2-13,21H,14H2,1H3,(H,28,32)(H,29,33). The number of thiocarbonyl (C=S) groups is 1. The van der Waals surface area contributed by atoms with Gasteiger partial charge in [-0.05, 0) is 66.8 Å². The predicted molar refractivity (Wildman–Crippen MR) is 142 cm³/mol. The van der Waals surface area contributed by atoms with Gasteiger partial charge in [0.15, 0.2) is 0 Å². The van der Waals surface area contributed by atoms with Crippen LogP contribution in [-0.4, -0.2) is 41.0 Å². The third-order valence-corrected chi connectivity index (χ3v) is 6.14. The first-order valence-electron chi connectivity index (χ1n) is 10.7. The Hall–Kier alpha value is -3.66. The number of carbonyl (C=O) groups excluding carboxylic acids is 3. The fraction of sp³-hybridized carbons (Fsp3) is 0.120. The number of amides is 3. The summed E-state index contributed by atoms with van der Waals surface area (Å²) in [7, 11) is 1.53. The van der Waals surface area contributed by atoms with Crippen molar-refractivity contribution >= 4 is 69.6 Å². The zero-order chi connectivity index (χ0) is 25.8. The zero-order valence-corrected chi connectivity index (χ0v) is 21.2. The molecule has 184 valence electrons. The topological polar surface area (TPSA) is 91.0 Å². The molecule has 0 aromatic heterocycles. The Bertz CT molecular complexity index is 1300. The quantitative estimate of drug-likeness (QED) is 0.421. The van der Waals surface area contributed by atoms with Crippen LogP contribution in [-0.2, 0) is 9.59 Å². The van der Waals surface area contributed by atoms with Gasteiger partial charge in [-0.2, -0.15) is 0 Å². The second-order valence-corrected chi connectivity index (χ2v) is 9.00. The number of hydrazine groups is 1. The van der Waals surface area contributed by atoms with Crippen LogP contribution in [0.25, 0.3) is 0 Å². The van der Waals surface area contributed by atoms with E-state index >= 15 is 0 Å². The lowest BCUT2D eigenvalue weighted by molar-refractivity contribution is -0.124. The van der Waals surface area contributed by atoms with Crippen LogP contribution in [0.2, 0.25) is 10.0 Å². The van der Waals surface area contributed by atoms with Crippen molar-refractivity contribution in [1.29, 1.82) is 0 Å². The SMILES string of the molecule is COc1ccc(N2C(=O)C(CC(=O)Nc3cc(Cl)cc(Cl)c3)N(NC(=O)c3ccccc3)C2=S)cc1. The fourth-order valence-electron chi connectivity index (χ4n) is 3.65. The molecule has 4 rings (SSSR count). The van der Waals surface area contributed by atoms with E-state index in [4.69, 9.17) is 40.2 Å². The molecular weight excluding hydrogens is 523 g/mol. The maximum Gasteiger partial charge on any atom is 0.269 e. The third-order valence-electron chi connectivity index (χ3n) is 5.33. The first-order valence-corrected chi connectivity index (χ1v) is 11.9. The molecule has 0 spiro atoms. The maximum absolute atomic E-state index is 13.5. The highest BCUT2D eigenvalue weighted by atomic mass is 35.5. The number of ether oxygens (including phenoxy) is 1. The summed E-state index contributed by atoms with van der Waals surface area (Å²) in [6.45, 7) is 0. The minimum absolute atomic E-state index is 0.0260. The van der Waals surface area contributed by atoms with Crippen LogP contribution in [0.4, 0.5) is 11.4 Å². The van der Waals surface area contributed by atoms with Crippen molar-refractivity contribution in [2.75, 3.05) is 17.3 Å². The van der Waals surface area contributed by atoms with Gasteiger partial charge in [0.05, 0.1) is 19.2 Å². The minimum atomic E-state index is -1.10. The van der Waals surface area contributed by atoms with Crippen LogP contribution >= 0.6 is 35.4 Å². The lowest BCUT2D eigenvalue weighted by Gasteiger charge is -2.24. The number of halogens is 2. The molecule has 1 saturated heterocycles. The van der Waals surface area contributed by atoms with Crippen LogP contribution in [0.1, 0.15) is 16.8 Å². The van der Waals surface area contributed by atoms with E-state index in [2.05, 4.69) is 10.7 Å². The normalized spacial score (nSPS) is 15.1. The number of anilines is 2. The van der Waals surface area contributed by atoms with E-state index in [9.17, 15) is 14.4 Å². The molecule has 36 heavy (non-hydrogen) atoms. The molecular formula is C25H20Cl2N4O4S. The van der Waals surface area contributed by atoms with E-state index in [1.807, 2.05) is 0 Å². The van der Waals surface area contributed by atoms with Gasteiger partial charge in [-0.3, -0.25) is 24.7 Å². The molecule has 11 heteroatoms. The molecule has 0 saturated carbocycles. The van der Waals surface area contributed by atoms with Gasteiger partial charge in [-0.1, -0.05) is 41.4 Å². The summed E-state index contributed by atoms with van der Waals surface area (Å²) in [5.74, 6) is -0.848. The van der Waals surface area contributed by atoms with Gasteiger partial charge in [-0.25, -0.2) is 5.01 Å². The molecule has 0 radical (unpaired) electrons. The molecule has 3 amide bonds. The number of hydrogen-bond donors (Lipinski definition) is 2. The third kappa shape index (κ3) is 5.59. The minimum Gasteiger partial charge on any atom is -0.497 e. The molecule has 1 atom stereocenters. The smallest absolute Gasteiger partial charge is 0.269 e. The van der Waals surface area contributed by atoms with Crippen molar-refractivity contribution in [1.82, 2.24) is 10.4 Å².